The van der Waals surface area contributed by atoms with Crippen LogP contribution in [-0.4, -0.2) is 4.98 Å². The molecule has 0 unspecified atom stereocenters. The van der Waals surface area contributed by atoms with E-state index in [0.29, 0.717) is 5.15 Å². The molecule has 0 fully saturated rings. The summed E-state index contributed by atoms with van der Waals surface area (Å²) in [4.78, 5) is 4.03. The van der Waals surface area contributed by atoms with Gasteiger partial charge >= 0.3 is 0 Å². The first-order valence-electron chi connectivity index (χ1n) is 4.34. The standard InChI is InChI=1S/C11H10ClN/c1-2-8-3-4-9-7-13-11(12)6-10(9)5-8/h3-7H,2H2,1H3. The fourth-order valence-corrected chi connectivity index (χ4v) is 1.55. The molecule has 1 nitrogen and oxygen atoms in total. The second-order valence-electron chi connectivity index (χ2n) is 3.04. The molecule has 0 aliphatic carbocycles. The summed E-state index contributed by atoms with van der Waals surface area (Å²) in [5.74, 6) is 0. The van der Waals surface area contributed by atoms with Crippen LogP contribution in [0.3, 0.4) is 0 Å². The van der Waals surface area contributed by atoms with E-state index in [2.05, 4.69) is 30.1 Å². The van der Waals surface area contributed by atoms with Crippen molar-refractivity contribution in [1.29, 1.82) is 0 Å². The summed E-state index contributed by atoms with van der Waals surface area (Å²) < 4.78 is 0. The lowest BCUT2D eigenvalue weighted by atomic mass is 10.1. The molecule has 0 saturated carbocycles. The predicted octanol–water partition coefficient (Wildman–Crippen LogP) is 3.45. The van der Waals surface area contributed by atoms with Gasteiger partial charge < -0.3 is 0 Å². The minimum Gasteiger partial charge on any atom is -0.244 e. The van der Waals surface area contributed by atoms with Gasteiger partial charge in [-0.3, -0.25) is 0 Å². The van der Waals surface area contributed by atoms with Crippen molar-refractivity contribution in [2.24, 2.45) is 0 Å². The molecule has 13 heavy (non-hydrogen) atoms. The smallest absolute Gasteiger partial charge is 0.129 e. The number of aromatic nitrogens is 1. The molecule has 0 atom stereocenters. The zero-order valence-corrected chi connectivity index (χ0v) is 8.17. The Morgan fingerprint density at radius 2 is 2.08 bits per heavy atom. The largest absolute Gasteiger partial charge is 0.244 e. The Labute approximate surface area is 82.4 Å². The minimum atomic E-state index is 0.556. The van der Waals surface area contributed by atoms with Gasteiger partial charge in [0.15, 0.2) is 0 Å². The number of pyridine rings is 1. The fraction of sp³-hybridized carbons (Fsp3) is 0.182. The quantitative estimate of drug-likeness (QED) is 0.630. The van der Waals surface area contributed by atoms with E-state index in [1.165, 1.54) is 10.9 Å². The molecule has 0 aliphatic rings. The van der Waals surface area contributed by atoms with Gasteiger partial charge in [-0.15, -0.1) is 0 Å². The minimum absolute atomic E-state index is 0.556. The van der Waals surface area contributed by atoms with Crippen LogP contribution in [0.5, 0.6) is 0 Å². The third kappa shape index (κ3) is 1.65. The van der Waals surface area contributed by atoms with Crippen molar-refractivity contribution in [3.8, 4) is 0 Å². The molecule has 1 heterocycles. The van der Waals surface area contributed by atoms with Crippen molar-refractivity contribution < 1.29 is 0 Å². The fourth-order valence-electron chi connectivity index (χ4n) is 1.38. The third-order valence-electron chi connectivity index (χ3n) is 2.16. The SMILES string of the molecule is CCc1ccc2cnc(Cl)cc2c1. The van der Waals surface area contributed by atoms with Gasteiger partial charge in [0.2, 0.25) is 0 Å². The second kappa shape index (κ2) is 3.35. The van der Waals surface area contributed by atoms with Crippen LogP contribution in [-0.2, 0) is 6.42 Å². The number of nitrogens with zero attached hydrogens (tertiary/aromatic N) is 1. The van der Waals surface area contributed by atoms with E-state index in [1.807, 2.05) is 6.07 Å². The van der Waals surface area contributed by atoms with Crippen LogP contribution in [0.4, 0.5) is 0 Å². The Kier molecular flexibility index (Phi) is 2.19. The lowest BCUT2D eigenvalue weighted by molar-refractivity contribution is 1.15. The summed E-state index contributed by atoms with van der Waals surface area (Å²) in [6.07, 6.45) is 2.85. The molecule has 0 radical (unpaired) electrons. The number of hydrogen-bond acceptors (Lipinski definition) is 1. The van der Waals surface area contributed by atoms with Gasteiger partial charge in [0.25, 0.3) is 0 Å². The molecule has 0 N–H and O–H groups in total. The van der Waals surface area contributed by atoms with Crippen molar-refractivity contribution in [2.45, 2.75) is 13.3 Å². The first-order valence-corrected chi connectivity index (χ1v) is 4.71. The van der Waals surface area contributed by atoms with Crippen molar-refractivity contribution >= 4 is 22.4 Å². The van der Waals surface area contributed by atoms with Crippen LogP contribution in [0, 0.1) is 0 Å². The molecule has 1 aromatic heterocycles. The Morgan fingerprint density at radius 1 is 1.23 bits per heavy atom. The topological polar surface area (TPSA) is 12.9 Å². The molecule has 0 saturated heterocycles. The Morgan fingerprint density at radius 3 is 2.85 bits per heavy atom. The summed E-state index contributed by atoms with van der Waals surface area (Å²) in [6.45, 7) is 2.14. The average Bonchev–Trinajstić information content (AvgIpc) is 2.16. The number of benzene rings is 1. The van der Waals surface area contributed by atoms with Gasteiger partial charge in [-0.2, -0.15) is 0 Å². The zero-order chi connectivity index (χ0) is 9.26. The first-order chi connectivity index (χ1) is 6.29. The first kappa shape index (κ1) is 8.52. The van der Waals surface area contributed by atoms with E-state index in [1.54, 1.807) is 6.20 Å². The van der Waals surface area contributed by atoms with E-state index in [9.17, 15) is 0 Å². The summed E-state index contributed by atoms with van der Waals surface area (Å²) in [5, 5.41) is 2.86. The number of hydrogen-bond donors (Lipinski definition) is 0. The van der Waals surface area contributed by atoms with Gasteiger partial charge in [-0.05, 0) is 23.4 Å². The zero-order valence-electron chi connectivity index (χ0n) is 7.42. The molecule has 0 bridgehead atoms. The highest BCUT2D eigenvalue weighted by Crippen LogP contribution is 2.18. The summed E-state index contributed by atoms with van der Waals surface area (Å²) in [5.41, 5.74) is 1.33. The van der Waals surface area contributed by atoms with E-state index >= 15 is 0 Å². The summed E-state index contributed by atoms with van der Waals surface area (Å²) in [7, 11) is 0. The molecule has 0 aliphatic heterocycles. The lowest BCUT2D eigenvalue weighted by Gasteiger charge is -2.00. The van der Waals surface area contributed by atoms with Crippen molar-refractivity contribution in [3.63, 3.8) is 0 Å². The molecule has 0 spiro atoms. The van der Waals surface area contributed by atoms with Crippen LogP contribution >= 0.6 is 11.6 Å². The summed E-state index contributed by atoms with van der Waals surface area (Å²) in [6, 6.07) is 8.26. The molecule has 66 valence electrons. The van der Waals surface area contributed by atoms with Gasteiger partial charge in [-0.25, -0.2) is 4.98 Å². The Hall–Kier alpha value is -1.08. The van der Waals surface area contributed by atoms with Gasteiger partial charge in [-0.1, -0.05) is 36.7 Å². The molecule has 0 amide bonds. The van der Waals surface area contributed by atoms with Gasteiger partial charge in [0.1, 0.15) is 5.15 Å². The van der Waals surface area contributed by atoms with E-state index in [-0.39, 0.29) is 0 Å². The van der Waals surface area contributed by atoms with Crippen LogP contribution in [0.25, 0.3) is 10.8 Å². The van der Waals surface area contributed by atoms with Crippen LogP contribution in [0.1, 0.15) is 12.5 Å². The van der Waals surface area contributed by atoms with Crippen molar-refractivity contribution in [2.75, 3.05) is 0 Å². The summed E-state index contributed by atoms with van der Waals surface area (Å²) >= 11 is 5.80. The Bertz CT molecular complexity index is 437. The predicted molar refractivity (Wildman–Crippen MR) is 56.1 cm³/mol. The second-order valence-corrected chi connectivity index (χ2v) is 3.43. The average molecular weight is 192 g/mol. The highest BCUT2D eigenvalue weighted by atomic mass is 35.5. The molecule has 2 aromatic rings. The molecular formula is C11H10ClN. The maximum absolute atomic E-state index is 5.80. The van der Waals surface area contributed by atoms with Crippen LogP contribution in [0.2, 0.25) is 5.15 Å². The molecule has 2 rings (SSSR count). The number of halogens is 1. The van der Waals surface area contributed by atoms with Gasteiger partial charge in [0.05, 0.1) is 0 Å². The molecule has 1 aromatic carbocycles. The Balaban J connectivity index is 2.68. The monoisotopic (exact) mass is 191 g/mol. The highest BCUT2D eigenvalue weighted by molar-refractivity contribution is 6.30. The van der Waals surface area contributed by atoms with Crippen LogP contribution < -0.4 is 0 Å². The molecule has 2 heteroatoms. The van der Waals surface area contributed by atoms with Crippen LogP contribution in [0.15, 0.2) is 30.5 Å². The number of rotatable bonds is 1. The van der Waals surface area contributed by atoms with Crippen molar-refractivity contribution in [3.05, 3.63) is 41.2 Å². The maximum Gasteiger partial charge on any atom is 0.129 e. The lowest BCUT2D eigenvalue weighted by Crippen LogP contribution is -1.82. The van der Waals surface area contributed by atoms with E-state index in [4.69, 9.17) is 11.6 Å². The number of aryl methyl sites for hydroxylation is 1. The van der Waals surface area contributed by atoms with E-state index in [0.717, 1.165) is 11.8 Å². The van der Waals surface area contributed by atoms with Crippen molar-refractivity contribution in [1.82, 2.24) is 4.98 Å². The highest BCUT2D eigenvalue weighted by Gasteiger charge is 1.96. The van der Waals surface area contributed by atoms with E-state index < -0.39 is 0 Å². The third-order valence-corrected chi connectivity index (χ3v) is 2.37. The van der Waals surface area contributed by atoms with Gasteiger partial charge in [0, 0.05) is 11.6 Å². The maximum atomic E-state index is 5.80. The number of fused-ring (bicyclic) bond motifs is 1. The molecular weight excluding hydrogens is 182 g/mol. The normalized spacial score (nSPS) is 10.6.